The van der Waals surface area contributed by atoms with Gasteiger partial charge in [-0.05, 0) is 42.9 Å². The lowest BCUT2D eigenvalue weighted by Crippen LogP contribution is -2.58. The molecular weight excluding hydrogens is 440 g/mol. The van der Waals surface area contributed by atoms with Gasteiger partial charge in [0.05, 0.1) is 6.04 Å². The molecule has 0 bridgehead atoms. The highest BCUT2D eigenvalue weighted by Gasteiger charge is 2.32. The molecule has 0 aliphatic rings. The molecule has 190 valence electrons. The molecule has 6 atom stereocenters. The van der Waals surface area contributed by atoms with Gasteiger partial charge in [-0.15, -0.1) is 0 Å². The van der Waals surface area contributed by atoms with Crippen LogP contribution in [-0.4, -0.2) is 58.1 Å². The van der Waals surface area contributed by atoms with Crippen molar-refractivity contribution in [2.24, 2.45) is 17.6 Å². The van der Waals surface area contributed by atoms with E-state index in [9.17, 15) is 29.4 Å². The number of benzene rings is 1. The molecule has 0 spiro atoms. The number of aliphatic carboxylic acids is 1. The SMILES string of the molecule is CCC(C)C(NC(=O)C(C)NC(=O)C(NC(=O)C(N)Cc1ccc(O)cc1)C(C)CC)C(=O)O. The molecule has 0 fully saturated rings. The molecule has 0 saturated heterocycles. The van der Waals surface area contributed by atoms with Crippen LogP contribution in [0.1, 0.15) is 53.0 Å². The summed E-state index contributed by atoms with van der Waals surface area (Å²) in [6.07, 6.45) is 1.36. The highest BCUT2D eigenvalue weighted by molar-refractivity contribution is 5.94. The van der Waals surface area contributed by atoms with Gasteiger partial charge in [0.25, 0.3) is 0 Å². The third kappa shape index (κ3) is 8.66. The van der Waals surface area contributed by atoms with Crippen LogP contribution >= 0.6 is 0 Å². The van der Waals surface area contributed by atoms with E-state index in [0.717, 1.165) is 5.56 Å². The number of carbonyl (C=O) groups is 4. The molecule has 0 aliphatic heterocycles. The Morgan fingerprint density at radius 1 is 0.824 bits per heavy atom. The van der Waals surface area contributed by atoms with Gasteiger partial charge in [0.1, 0.15) is 23.9 Å². The largest absolute Gasteiger partial charge is 0.508 e. The van der Waals surface area contributed by atoms with Crippen LogP contribution in [0.2, 0.25) is 0 Å². The summed E-state index contributed by atoms with van der Waals surface area (Å²) >= 11 is 0. The molecule has 3 amide bonds. The molecule has 10 nitrogen and oxygen atoms in total. The normalized spacial score (nSPS) is 16.3. The van der Waals surface area contributed by atoms with E-state index in [1.54, 1.807) is 26.0 Å². The Morgan fingerprint density at radius 2 is 1.32 bits per heavy atom. The van der Waals surface area contributed by atoms with Gasteiger partial charge in [0.2, 0.25) is 17.7 Å². The smallest absolute Gasteiger partial charge is 0.326 e. The molecule has 7 N–H and O–H groups in total. The number of nitrogens with one attached hydrogen (secondary N) is 3. The van der Waals surface area contributed by atoms with Gasteiger partial charge in [-0.2, -0.15) is 0 Å². The Bertz CT molecular complexity index is 844. The van der Waals surface area contributed by atoms with Crippen LogP contribution in [0.15, 0.2) is 24.3 Å². The van der Waals surface area contributed by atoms with Gasteiger partial charge in [0, 0.05) is 0 Å². The minimum atomic E-state index is -1.14. The molecule has 1 rings (SSSR count). The average molecular weight is 479 g/mol. The summed E-state index contributed by atoms with van der Waals surface area (Å²) < 4.78 is 0. The summed E-state index contributed by atoms with van der Waals surface area (Å²) in [5, 5.41) is 26.5. The Hall–Kier alpha value is -3.14. The van der Waals surface area contributed by atoms with Crippen molar-refractivity contribution in [3.8, 4) is 5.75 Å². The van der Waals surface area contributed by atoms with Gasteiger partial charge in [-0.3, -0.25) is 14.4 Å². The standard InChI is InChI=1S/C24H38N4O6/c1-6-13(3)19(27-22(31)18(25)12-16-8-10-17(29)11-9-16)23(32)26-15(5)21(30)28-20(24(33)34)14(4)7-2/h8-11,13-15,18-20,29H,6-7,12,25H2,1-5H3,(H,26,32)(H,27,31)(H,28,30)(H,33,34). The number of nitrogens with two attached hydrogens (primary N) is 1. The lowest BCUT2D eigenvalue weighted by atomic mass is 9.96. The molecule has 0 radical (unpaired) electrons. The zero-order valence-electron chi connectivity index (χ0n) is 20.5. The van der Waals surface area contributed by atoms with Gasteiger partial charge in [-0.25, -0.2) is 4.79 Å². The molecule has 1 aromatic carbocycles. The van der Waals surface area contributed by atoms with Gasteiger partial charge < -0.3 is 31.9 Å². The Morgan fingerprint density at radius 3 is 1.82 bits per heavy atom. The van der Waals surface area contributed by atoms with Gasteiger partial charge in [-0.1, -0.05) is 52.7 Å². The summed E-state index contributed by atoms with van der Waals surface area (Å²) in [7, 11) is 0. The second-order valence-electron chi connectivity index (χ2n) is 8.79. The molecule has 0 saturated carbocycles. The van der Waals surface area contributed by atoms with E-state index in [4.69, 9.17) is 5.73 Å². The molecule has 0 aliphatic carbocycles. The second-order valence-corrected chi connectivity index (χ2v) is 8.79. The number of carbonyl (C=O) groups excluding carboxylic acids is 3. The molecule has 6 unspecified atom stereocenters. The van der Waals surface area contributed by atoms with Crippen LogP contribution in [0.4, 0.5) is 0 Å². The summed E-state index contributed by atoms with van der Waals surface area (Å²) in [6, 6.07) is 2.39. The van der Waals surface area contributed by atoms with Crippen molar-refractivity contribution in [1.82, 2.24) is 16.0 Å². The van der Waals surface area contributed by atoms with E-state index in [2.05, 4.69) is 16.0 Å². The third-order valence-electron chi connectivity index (χ3n) is 6.05. The lowest BCUT2D eigenvalue weighted by Gasteiger charge is -2.27. The second kappa shape index (κ2) is 13.5. The van der Waals surface area contributed by atoms with Crippen molar-refractivity contribution in [3.63, 3.8) is 0 Å². The molecule has 0 heterocycles. The number of hydrogen-bond acceptors (Lipinski definition) is 6. The Labute approximate surface area is 200 Å². The number of phenols is 1. The minimum Gasteiger partial charge on any atom is -0.508 e. The first-order valence-corrected chi connectivity index (χ1v) is 11.6. The first-order chi connectivity index (χ1) is 15.9. The summed E-state index contributed by atoms with van der Waals surface area (Å²) in [4.78, 5) is 49.6. The van der Waals surface area contributed by atoms with E-state index in [1.807, 2.05) is 13.8 Å². The zero-order valence-corrected chi connectivity index (χ0v) is 20.5. The average Bonchev–Trinajstić information content (AvgIpc) is 2.80. The van der Waals surface area contributed by atoms with E-state index in [-0.39, 0.29) is 24.0 Å². The van der Waals surface area contributed by atoms with E-state index in [0.29, 0.717) is 12.8 Å². The fourth-order valence-electron chi connectivity index (χ4n) is 3.27. The van der Waals surface area contributed by atoms with E-state index < -0.39 is 47.9 Å². The molecule has 34 heavy (non-hydrogen) atoms. The first kappa shape index (κ1) is 28.9. The fourth-order valence-corrected chi connectivity index (χ4v) is 3.27. The highest BCUT2D eigenvalue weighted by atomic mass is 16.4. The number of aromatic hydroxyl groups is 1. The maximum Gasteiger partial charge on any atom is 0.326 e. The monoisotopic (exact) mass is 478 g/mol. The molecule has 1 aromatic rings. The quantitative estimate of drug-likeness (QED) is 0.245. The van der Waals surface area contributed by atoms with Crippen LogP contribution in [0.5, 0.6) is 5.75 Å². The van der Waals surface area contributed by atoms with Crippen LogP contribution in [0.3, 0.4) is 0 Å². The van der Waals surface area contributed by atoms with Gasteiger partial charge in [0.15, 0.2) is 0 Å². The maximum atomic E-state index is 12.9. The minimum absolute atomic E-state index is 0.104. The van der Waals surface area contributed by atoms with Crippen LogP contribution in [0.25, 0.3) is 0 Å². The predicted octanol–water partition coefficient (Wildman–Crippen LogP) is 0.913. The number of phenolic OH excluding ortho intramolecular Hbond substituents is 1. The maximum absolute atomic E-state index is 12.9. The number of rotatable bonds is 13. The van der Waals surface area contributed by atoms with Crippen LogP contribution in [0, 0.1) is 11.8 Å². The number of carboxylic acid groups (broad SMARTS) is 1. The van der Waals surface area contributed by atoms with Crippen molar-refractivity contribution in [3.05, 3.63) is 29.8 Å². The van der Waals surface area contributed by atoms with E-state index >= 15 is 0 Å². The Balaban J connectivity index is 2.82. The summed E-state index contributed by atoms with van der Waals surface area (Å²) in [6.45, 7) is 8.66. The van der Waals surface area contributed by atoms with Crippen molar-refractivity contribution in [1.29, 1.82) is 0 Å². The zero-order chi connectivity index (χ0) is 26.0. The van der Waals surface area contributed by atoms with Crippen LogP contribution < -0.4 is 21.7 Å². The Kier molecular flexibility index (Phi) is 11.5. The highest BCUT2D eigenvalue weighted by Crippen LogP contribution is 2.13. The fraction of sp³-hybridized carbons (Fsp3) is 0.583. The number of hydrogen-bond donors (Lipinski definition) is 6. The van der Waals surface area contributed by atoms with Crippen molar-refractivity contribution >= 4 is 23.7 Å². The van der Waals surface area contributed by atoms with Crippen molar-refractivity contribution in [2.75, 3.05) is 0 Å². The predicted molar refractivity (Wildman–Crippen MR) is 128 cm³/mol. The number of carboxylic acids is 1. The summed E-state index contributed by atoms with van der Waals surface area (Å²) in [5.41, 5.74) is 6.78. The third-order valence-corrected chi connectivity index (χ3v) is 6.05. The van der Waals surface area contributed by atoms with Crippen molar-refractivity contribution < 1.29 is 29.4 Å². The molecule has 0 aromatic heterocycles. The van der Waals surface area contributed by atoms with Crippen molar-refractivity contribution in [2.45, 2.75) is 78.0 Å². The first-order valence-electron chi connectivity index (χ1n) is 11.6. The summed E-state index contributed by atoms with van der Waals surface area (Å²) in [5.74, 6) is -3.27. The number of amides is 3. The van der Waals surface area contributed by atoms with Crippen LogP contribution in [-0.2, 0) is 25.6 Å². The molecular formula is C24H38N4O6. The van der Waals surface area contributed by atoms with E-state index in [1.165, 1.54) is 19.1 Å². The lowest BCUT2D eigenvalue weighted by molar-refractivity contribution is -0.143. The molecule has 10 heteroatoms. The topological polar surface area (TPSA) is 171 Å². The van der Waals surface area contributed by atoms with Gasteiger partial charge >= 0.3 is 5.97 Å².